The summed E-state index contributed by atoms with van der Waals surface area (Å²) in [6.07, 6.45) is 4.72. The largest absolute Gasteiger partial charge is 1.00 e. The van der Waals surface area contributed by atoms with Crippen LogP contribution in [0.5, 0.6) is 0 Å². The number of hydrogen-bond acceptors (Lipinski definition) is 2. The van der Waals surface area contributed by atoms with Crippen LogP contribution in [0.1, 0.15) is 1.43 Å². The molecule has 1 heterocycles. The minimum Gasteiger partial charge on any atom is -1.00 e. The van der Waals surface area contributed by atoms with Crippen molar-refractivity contribution in [3.05, 3.63) is 24.8 Å². The Balaban J connectivity index is 0. The maximum absolute atomic E-state index is 10.1. The van der Waals surface area contributed by atoms with Gasteiger partial charge in [-0.15, -0.1) is 0 Å². The van der Waals surface area contributed by atoms with Crippen LogP contribution in [0, 0.1) is 0 Å². The Morgan fingerprint density at radius 2 is 2.45 bits per heavy atom. The predicted molar refractivity (Wildman–Crippen MR) is 33.2 cm³/mol. The van der Waals surface area contributed by atoms with E-state index in [-0.39, 0.29) is 37.5 Å². The third-order valence-corrected chi connectivity index (χ3v) is 0.982. The second-order valence-electron chi connectivity index (χ2n) is 1.82. The quantitative estimate of drug-likeness (QED) is 0.365. The second kappa shape index (κ2) is 5.23. The van der Waals surface area contributed by atoms with Crippen LogP contribution < -0.4 is 34.1 Å². The molecule has 0 fully saturated rings. The average molecular weight is 163 g/mol. The van der Waals surface area contributed by atoms with E-state index in [1.165, 1.54) is 10.9 Å². The summed E-state index contributed by atoms with van der Waals surface area (Å²) in [5.41, 5.74) is 0. The molecule has 0 bridgehead atoms. The van der Waals surface area contributed by atoms with Crippen LogP contribution in [0.15, 0.2) is 24.8 Å². The van der Waals surface area contributed by atoms with Crippen molar-refractivity contribution in [1.29, 1.82) is 0 Å². The van der Waals surface area contributed by atoms with Gasteiger partial charge in [0, 0.05) is 6.07 Å². The summed E-state index contributed by atoms with van der Waals surface area (Å²) >= 11 is 0. The van der Waals surface area contributed by atoms with Gasteiger partial charge in [-0.05, 0) is 0 Å². The summed E-state index contributed by atoms with van der Waals surface area (Å²) < 4.78 is 1.49. The topological polar surface area (TPSA) is 54.1 Å². The van der Waals surface area contributed by atoms with Gasteiger partial charge < -0.3 is 6.53 Å². The van der Waals surface area contributed by atoms with E-state index in [1.54, 1.807) is 18.5 Å². The summed E-state index contributed by atoms with van der Waals surface area (Å²) in [4.78, 5) is 13.9. The number of carbonyl (C=O) groups is 1. The zero-order chi connectivity index (χ0) is 7.40. The Morgan fingerprint density at radius 1 is 1.73 bits per heavy atom. The molecule has 1 N–H and O–H groups in total. The summed E-state index contributed by atoms with van der Waals surface area (Å²) in [7, 11) is 0. The smallest absolute Gasteiger partial charge is 1.00 e. The first-order chi connectivity index (χ1) is 4.79. The van der Waals surface area contributed by atoms with Gasteiger partial charge in [-0.1, -0.05) is 4.98 Å². The number of aliphatic carboxylic acids is 1. The van der Waals surface area contributed by atoms with Crippen LogP contribution in [-0.4, -0.2) is 16.1 Å². The zero-order valence-electron chi connectivity index (χ0n) is 7.27. The van der Waals surface area contributed by atoms with Gasteiger partial charge in [-0.25, -0.2) is 9.36 Å². The van der Waals surface area contributed by atoms with Gasteiger partial charge in [-0.2, -0.15) is 0 Å². The molecule has 1 aromatic rings. The number of carboxylic acid groups (broad SMARTS) is 1. The minimum absolute atomic E-state index is 0. The summed E-state index contributed by atoms with van der Waals surface area (Å²) in [6.45, 7) is -0.0339. The summed E-state index contributed by atoms with van der Waals surface area (Å²) in [6, 6.07) is 1.68. The van der Waals surface area contributed by atoms with Crippen molar-refractivity contribution in [3.8, 4) is 0 Å². The number of aromatic nitrogens is 2. The molecule has 0 spiro atoms. The monoisotopic (exact) mass is 163 g/mol. The van der Waals surface area contributed by atoms with E-state index in [0.717, 1.165) is 0 Å². The van der Waals surface area contributed by atoms with Gasteiger partial charge in [0.2, 0.25) is 0 Å². The molecule has 0 saturated carbocycles. The molecule has 11 heavy (non-hydrogen) atoms. The van der Waals surface area contributed by atoms with E-state index < -0.39 is 5.97 Å². The van der Waals surface area contributed by atoms with Gasteiger partial charge in [0.15, 0.2) is 6.54 Å². The maximum Gasteiger partial charge on any atom is 1.00 e. The van der Waals surface area contributed by atoms with Crippen molar-refractivity contribution < 1.29 is 45.5 Å². The second-order valence-corrected chi connectivity index (χ2v) is 1.82. The molecule has 5 heteroatoms. The van der Waals surface area contributed by atoms with Gasteiger partial charge in [0.05, 0.1) is 6.20 Å². The number of nitrogens with zero attached hydrogens (tertiary/aromatic N) is 2. The van der Waals surface area contributed by atoms with Crippen LogP contribution in [0.3, 0.4) is 0 Å². The molecule has 0 aliphatic carbocycles. The Hall–Kier alpha value is -0.450. The molecule has 0 radical (unpaired) electrons. The molecule has 54 valence electrons. The molecular weight excluding hydrogens is 155 g/mol. The van der Waals surface area contributed by atoms with E-state index >= 15 is 0 Å². The fraction of sp³-hybridized carbons (Fsp3) is 0.167. The fourth-order valence-electron chi connectivity index (χ4n) is 0.611. The molecule has 0 aliphatic rings. The first kappa shape index (κ1) is 10.6. The Morgan fingerprint density at radius 3 is 2.91 bits per heavy atom. The summed E-state index contributed by atoms with van der Waals surface area (Å²) in [5.74, 6) is -0.863. The third-order valence-electron chi connectivity index (χ3n) is 0.982. The Labute approximate surface area is 87.7 Å². The third kappa shape index (κ3) is 4.08. The number of hydrogen-bond donors (Lipinski definition) is 1. The number of carboxylic acids is 1. The Bertz CT molecular complexity index is 232. The van der Waals surface area contributed by atoms with Crippen molar-refractivity contribution in [2.75, 3.05) is 0 Å². The molecule has 0 aromatic carbocycles. The van der Waals surface area contributed by atoms with E-state index in [0.29, 0.717) is 0 Å². The standard InChI is InChI=1S/C6H6N2O2.Na.H/c9-6(10)4-8-3-1-2-7-5-8;;/h1-3,5H,4H2;;/q;+1;-1/p+1. The van der Waals surface area contributed by atoms with Gasteiger partial charge in [0.1, 0.15) is 6.20 Å². The van der Waals surface area contributed by atoms with Gasteiger partial charge in [0.25, 0.3) is 6.33 Å². The normalized spacial score (nSPS) is 8.36. The first-order valence-electron chi connectivity index (χ1n) is 2.80. The number of rotatable bonds is 2. The molecule has 0 amide bonds. The van der Waals surface area contributed by atoms with E-state index in [2.05, 4.69) is 4.98 Å². The van der Waals surface area contributed by atoms with Gasteiger partial charge in [-0.3, -0.25) is 0 Å². The van der Waals surface area contributed by atoms with Crippen LogP contribution in [0.25, 0.3) is 0 Å². The van der Waals surface area contributed by atoms with E-state index in [4.69, 9.17) is 5.11 Å². The van der Waals surface area contributed by atoms with E-state index in [1.807, 2.05) is 0 Å². The van der Waals surface area contributed by atoms with Crippen molar-refractivity contribution in [1.82, 2.24) is 4.98 Å². The minimum atomic E-state index is -0.863. The first-order valence-corrected chi connectivity index (χ1v) is 2.80. The molecule has 4 nitrogen and oxygen atoms in total. The van der Waals surface area contributed by atoms with Crippen LogP contribution in [0.4, 0.5) is 0 Å². The van der Waals surface area contributed by atoms with Crippen LogP contribution in [0.2, 0.25) is 0 Å². The average Bonchev–Trinajstić information content (AvgIpc) is 1.88. The molecule has 1 rings (SSSR count). The molecule has 0 unspecified atom stereocenters. The van der Waals surface area contributed by atoms with Crippen LogP contribution >= 0.6 is 0 Å². The molecule has 0 atom stereocenters. The van der Waals surface area contributed by atoms with E-state index in [9.17, 15) is 4.79 Å². The van der Waals surface area contributed by atoms with Crippen molar-refractivity contribution in [3.63, 3.8) is 0 Å². The summed E-state index contributed by atoms with van der Waals surface area (Å²) in [5, 5.41) is 8.32. The van der Waals surface area contributed by atoms with Crippen LogP contribution in [-0.2, 0) is 11.3 Å². The predicted octanol–water partition coefficient (Wildman–Crippen LogP) is -3.43. The Kier molecular flexibility index (Phi) is 5.02. The molecule has 0 saturated heterocycles. The van der Waals surface area contributed by atoms with Gasteiger partial charge >= 0.3 is 35.5 Å². The maximum atomic E-state index is 10.1. The zero-order valence-corrected chi connectivity index (χ0v) is 8.27. The fourth-order valence-corrected chi connectivity index (χ4v) is 0.611. The molecular formula is C6H8N2NaO2+. The molecule has 1 aromatic heterocycles. The molecule has 0 aliphatic heterocycles. The van der Waals surface area contributed by atoms with Crippen molar-refractivity contribution in [2.45, 2.75) is 6.54 Å². The van der Waals surface area contributed by atoms with Crippen molar-refractivity contribution >= 4 is 5.97 Å². The SMILES string of the molecule is O=C(O)C[n+]1cccnc1.[H-].[Na+]. The van der Waals surface area contributed by atoms with Crippen molar-refractivity contribution in [2.24, 2.45) is 0 Å².